The fourth-order valence-electron chi connectivity index (χ4n) is 2.96. The maximum Gasteiger partial charge on any atom is 0.255 e. The van der Waals surface area contributed by atoms with Crippen molar-refractivity contribution in [2.45, 2.75) is 25.4 Å². The number of nitrogens with two attached hydrogens (primary N) is 1. The fraction of sp³-hybridized carbons (Fsp3) is 0.353. The number of ether oxygens (including phenoxy) is 1. The van der Waals surface area contributed by atoms with E-state index >= 15 is 0 Å². The van der Waals surface area contributed by atoms with Gasteiger partial charge in [0.15, 0.2) is 6.61 Å². The SMILES string of the molecule is NC(=O)COc1cccc(C(=O)N2CCC[C@@H]2Cn2cccn2)c1. The van der Waals surface area contributed by atoms with Crippen LogP contribution in [-0.2, 0) is 11.3 Å². The Morgan fingerprint density at radius 3 is 2.96 bits per heavy atom. The Labute approximate surface area is 140 Å². The molecule has 1 aliphatic heterocycles. The van der Waals surface area contributed by atoms with Gasteiger partial charge in [-0.05, 0) is 37.1 Å². The molecule has 0 radical (unpaired) electrons. The minimum absolute atomic E-state index is 0.0332. The number of carbonyl (C=O) groups is 2. The van der Waals surface area contributed by atoms with Crippen LogP contribution in [0, 0.1) is 0 Å². The van der Waals surface area contributed by atoms with Gasteiger partial charge in [-0.2, -0.15) is 5.10 Å². The van der Waals surface area contributed by atoms with Crippen molar-refractivity contribution in [1.82, 2.24) is 14.7 Å². The van der Waals surface area contributed by atoms with Crippen LogP contribution in [0.5, 0.6) is 5.75 Å². The molecule has 0 aliphatic carbocycles. The van der Waals surface area contributed by atoms with Gasteiger partial charge in [-0.3, -0.25) is 14.3 Å². The summed E-state index contributed by atoms with van der Waals surface area (Å²) in [6.07, 6.45) is 5.58. The van der Waals surface area contributed by atoms with Gasteiger partial charge in [-0.15, -0.1) is 0 Å². The largest absolute Gasteiger partial charge is 0.484 e. The summed E-state index contributed by atoms with van der Waals surface area (Å²) in [4.78, 5) is 25.5. The highest BCUT2D eigenvalue weighted by atomic mass is 16.5. The number of carbonyl (C=O) groups excluding carboxylic acids is 2. The number of likely N-dealkylation sites (tertiary alicyclic amines) is 1. The van der Waals surface area contributed by atoms with Gasteiger partial charge in [0.05, 0.1) is 12.6 Å². The molecule has 24 heavy (non-hydrogen) atoms. The van der Waals surface area contributed by atoms with E-state index in [2.05, 4.69) is 5.10 Å². The van der Waals surface area contributed by atoms with Crippen molar-refractivity contribution in [3.8, 4) is 5.75 Å². The Morgan fingerprint density at radius 2 is 2.21 bits per heavy atom. The summed E-state index contributed by atoms with van der Waals surface area (Å²) >= 11 is 0. The number of amides is 2. The molecule has 2 amide bonds. The lowest BCUT2D eigenvalue weighted by atomic mass is 10.1. The minimum atomic E-state index is -0.550. The third-order valence-corrected chi connectivity index (χ3v) is 4.06. The number of aromatic nitrogens is 2. The zero-order valence-corrected chi connectivity index (χ0v) is 13.3. The molecule has 126 valence electrons. The summed E-state index contributed by atoms with van der Waals surface area (Å²) in [7, 11) is 0. The van der Waals surface area contributed by atoms with Crippen molar-refractivity contribution >= 4 is 11.8 Å². The summed E-state index contributed by atoms with van der Waals surface area (Å²) in [6, 6.07) is 8.85. The lowest BCUT2D eigenvalue weighted by Crippen LogP contribution is -2.38. The molecule has 1 fully saturated rings. The van der Waals surface area contributed by atoms with Crippen LogP contribution in [0.2, 0.25) is 0 Å². The maximum absolute atomic E-state index is 12.8. The highest BCUT2D eigenvalue weighted by Gasteiger charge is 2.29. The third-order valence-electron chi connectivity index (χ3n) is 4.06. The van der Waals surface area contributed by atoms with E-state index in [1.807, 2.05) is 21.8 Å². The topological polar surface area (TPSA) is 90.5 Å². The van der Waals surface area contributed by atoms with E-state index in [9.17, 15) is 9.59 Å². The summed E-state index contributed by atoms with van der Waals surface area (Å²) in [5, 5.41) is 4.22. The first-order valence-electron chi connectivity index (χ1n) is 7.93. The molecule has 0 spiro atoms. The predicted octanol–water partition coefficient (Wildman–Crippen LogP) is 1.05. The van der Waals surface area contributed by atoms with E-state index in [4.69, 9.17) is 10.5 Å². The summed E-state index contributed by atoms with van der Waals surface area (Å²) in [5.41, 5.74) is 5.62. The van der Waals surface area contributed by atoms with Crippen LogP contribution in [0.15, 0.2) is 42.7 Å². The van der Waals surface area contributed by atoms with Crippen LogP contribution >= 0.6 is 0 Å². The van der Waals surface area contributed by atoms with Crippen LogP contribution in [0.1, 0.15) is 23.2 Å². The first-order chi connectivity index (χ1) is 11.6. The lowest BCUT2D eigenvalue weighted by molar-refractivity contribution is -0.119. The molecule has 2 N–H and O–H groups in total. The van der Waals surface area contributed by atoms with Crippen LogP contribution in [0.25, 0.3) is 0 Å². The molecule has 1 saturated heterocycles. The molecule has 1 aliphatic rings. The standard InChI is InChI=1S/C17H20N4O3/c18-16(22)12-24-15-6-1-4-13(10-15)17(23)21-9-2-5-14(21)11-20-8-3-7-19-20/h1,3-4,6-8,10,14H,2,5,9,11-12H2,(H2,18,22)/t14-/m1/s1. The van der Waals surface area contributed by atoms with Gasteiger partial charge in [0.1, 0.15) is 5.75 Å². The van der Waals surface area contributed by atoms with Gasteiger partial charge in [0, 0.05) is 24.5 Å². The molecule has 0 unspecified atom stereocenters. The van der Waals surface area contributed by atoms with Crippen LogP contribution in [-0.4, -0.2) is 45.7 Å². The smallest absolute Gasteiger partial charge is 0.255 e. The number of nitrogens with zero attached hydrogens (tertiary/aromatic N) is 3. The monoisotopic (exact) mass is 328 g/mol. The molecular formula is C17H20N4O3. The maximum atomic E-state index is 12.8. The van der Waals surface area contributed by atoms with Crippen molar-refractivity contribution in [3.05, 3.63) is 48.3 Å². The Bertz CT molecular complexity index is 714. The number of benzene rings is 1. The zero-order chi connectivity index (χ0) is 16.9. The Balaban J connectivity index is 1.70. The molecule has 3 rings (SSSR count). The molecular weight excluding hydrogens is 308 g/mol. The normalized spacial score (nSPS) is 17.0. The molecule has 1 aromatic carbocycles. The van der Waals surface area contributed by atoms with E-state index < -0.39 is 5.91 Å². The molecule has 2 heterocycles. The molecule has 1 atom stereocenters. The highest BCUT2D eigenvalue weighted by Crippen LogP contribution is 2.23. The van der Waals surface area contributed by atoms with E-state index in [1.165, 1.54) is 0 Å². The van der Waals surface area contributed by atoms with Gasteiger partial charge >= 0.3 is 0 Å². The number of primary amides is 1. The van der Waals surface area contributed by atoms with E-state index in [1.54, 1.807) is 30.5 Å². The molecule has 0 bridgehead atoms. The summed E-state index contributed by atoms with van der Waals surface area (Å²) in [6.45, 7) is 1.22. The number of hydrogen-bond acceptors (Lipinski definition) is 4. The van der Waals surface area contributed by atoms with Crippen molar-refractivity contribution in [2.24, 2.45) is 5.73 Å². The second kappa shape index (κ2) is 7.16. The quantitative estimate of drug-likeness (QED) is 0.858. The fourth-order valence-corrected chi connectivity index (χ4v) is 2.96. The Hall–Kier alpha value is -2.83. The number of rotatable bonds is 6. The second-order valence-corrected chi connectivity index (χ2v) is 5.81. The second-order valence-electron chi connectivity index (χ2n) is 5.81. The first kappa shape index (κ1) is 16.0. The van der Waals surface area contributed by atoms with Crippen molar-refractivity contribution in [3.63, 3.8) is 0 Å². The zero-order valence-electron chi connectivity index (χ0n) is 13.3. The third kappa shape index (κ3) is 3.73. The summed E-state index contributed by atoms with van der Waals surface area (Å²) < 4.78 is 7.12. The predicted molar refractivity (Wildman–Crippen MR) is 87.4 cm³/mol. The van der Waals surface area contributed by atoms with Crippen molar-refractivity contribution in [2.75, 3.05) is 13.2 Å². The van der Waals surface area contributed by atoms with Crippen LogP contribution in [0.3, 0.4) is 0 Å². The average molecular weight is 328 g/mol. The van der Waals surface area contributed by atoms with Crippen molar-refractivity contribution < 1.29 is 14.3 Å². The van der Waals surface area contributed by atoms with Crippen LogP contribution < -0.4 is 10.5 Å². The summed E-state index contributed by atoms with van der Waals surface area (Å²) in [5.74, 6) is -0.123. The van der Waals surface area contributed by atoms with Gasteiger partial charge in [-0.25, -0.2) is 0 Å². The van der Waals surface area contributed by atoms with Gasteiger partial charge in [-0.1, -0.05) is 6.07 Å². The van der Waals surface area contributed by atoms with Gasteiger partial charge < -0.3 is 15.4 Å². The van der Waals surface area contributed by atoms with E-state index in [0.29, 0.717) is 17.9 Å². The molecule has 7 heteroatoms. The average Bonchev–Trinajstić information content (AvgIpc) is 3.25. The van der Waals surface area contributed by atoms with Gasteiger partial charge in [0.2, 0.25) is 0 Å². The first-order valence-corrected chi connectivity index (χ1v) is 7.93. The molecule has 2 aromatic rings. The van der Waals surface area contributed by atoms with Crippen LogP contribution in [0.4, 0.5) is 0 Å². The Kier molecular flexibility index (Phi) is 4.79. The Morgan fingerprint density at radius 1 is 1.33 bits per heavy atom. The highest BCUT2D eigenvalue weighted by molar-refractivity contribution is 5.95. The van der Waals surface area contributed by atoms with E-state index in [0.717, 1.165) is 19.4 Å². The van der Waals surface area contributed by atoms with Gasteiger partial charge in [0.25, 0.3) is 11.8 Å². The minimum Gasteiger partial charge on any atom is -0.484 e. The van der Waals surface area contributed by atoms with E-state index in [-0.39, 0.29) is 18.6 Å². The molecule has 0 saturated carbocycles. The number of hydrogen-bond donors (Lipinski definition) is 1. The molecule has 1 aromatic heterocycles. The lowest BCUT2D eigenvalue weighted by Gasteiger charge is -2.25. The molecule has 7 nitrogen and oxygen atoms in total. The van der Waals surface area contributed by atoms with Crippen molar-refractivity contribution in [1.29, 1.82) is 0 Å².